The highest BCUT2D eigenvalue weighted by atomic mass is 16.5. The summed E-state index contributed by atoms with van der Waals surface area (Å²) >= 11 is 0. The Morgan fingerprint density at radius 1 is 1.03 bits per heavy atom. The van der Waals surface area contributed by atoms with Gasteiger partial charge in [0.2, 0.25) is 0 Å². The molecule has 0 spiro atoms. The number of fused-ring (bicyclic) bond motifs is 1. The summed E-state index contributed by atoms with van der Waals surface area (Å²) < 4.78 is 10.7. The van der Waals surface area contributed by atoms with Gasteiger partial charge in [0.05, 0.1) is 7.11 Å². The molecule has 1 aromatic carbocycles. The van der Waals surface area contributed by atoms with E-state index in [1.165, 1.54) is 7.11 Å². The molecule has 184 valence electrons. The fourth-order valence-corrected chi connectivity index (χ4v) is 4.25. The Hall–Kier alpha value is -4.47. The van der Waals surface area contributed by atoms with Gasteiger partial charge in [-0.15, -0.1) is 0 Å². The number of benzene rings is 1. The molecule has 1 aliphatic heterocycles. The Kier molecular flexibility index (Phi) is 6.24. The smallest absolute Gasteiger partial charge is 0.349 e. The first kappa shape index (κ1) is 23.3. The van der Waals surface area contributed by atoms with E-state index < -0.39 is 5.63 Å². The number of hydrogen-bond acceptors (Lipinski definition) is 9. The van der Waals surface area contributed by atoms with E-state index in [4.69, 9.17) is 9.15 Å². The van der Waals surface area contributed by atoms with Crippen molar-refractivity contribution in [3.05, 3.63) is 76.0 Å². The molecule has 3 aromatic heterocycles. The summed E-state index contributed by atoms with van der Waals surface area (Å²) in [5, 5.41) is 3.87. The third-order valence-corrected chi connectivity index (χ3v) is 6.06. The number of anilines is 3. The molecule has 1 fully saturated rings. The molecule has 0 radical (unpaired) electrons. The van der Waals surface area contributed by atoms with Crippen LogP contribution in [0.5, 0.6) is 5.75 Å². The number of rotatable bonds is 5. The lowest BCUT2D eigenvalue weighted by molar-refractivity contribution is 0.0742. The first-order valence-corrected chi connectivity index (χ1v) is 11.6. The first-order valence-electron chi connectivity index (χ1n) is 11.6. The first-order chi connectivity index (χ1) is 17.4. The van der Waals surface area contributed by atoms with Crippen molar-refractivity contribution in [1.29, 1.82) is 0 Å². The maximum atomic E-state index is 13.2. The lowest BCUT2D eigenvalue weighted by atomic mass is 10.1. The molecule has 5 rings (SSSR count). The zero-order valence-corrected chi connectivity index (χ0v) is 20.3. The van der Waals surface area contributed by atoms with Gasteiger partial charge >= 0.3 is 5.63 Å². The van der Waals surface area contributed by atoms with E-state index in [0.717, 1.165) is 11.4 Å². The van der Waals surface area contributed by atoms with Gasteiger partial charge in [-0.05, 0) is 43.7 Å². The third kappa shape index (κ3) is 4.70. The molecular weight excluding hydrogens is 460 g/mol. The molecule has 1 amide bonds. The Bertz CT molecular complexity index is 1490. The second kappa shape index (κ2) is 9.65. The summed E-state index contributed by atoms with van der Waals surface area (Å²) in [7, 11) is 1.50. The number of nitrogens with one attached hydrogen (secondary N) is 1. The molecule has 36 heavy (non-hydrogen) atoms. The lowest BCUT2D eigenvalue weighted by Crippen LogP contribution is -2.49. The number of hydrogen-bond donors (Lipinski definition) is 1. The van der Waals surface area contributed by atoms with E-state index in [9.17, 15) is 9.59 Å². The van der Waals surface area contributed by atoms with Crippen molar-refractivity contribution in [2.24, 2.45) is 0 Å². The van der Waals surface area contributed by atoms with Crippen LogP contribution in [0.2, 0.25) is 0 Å². The van der Waals surface area contributed by atoms with Crippen LogP contribution in [-0.2, 0) is 0 Å². The van der Waals surface area contributed by atoms with Crippen LogP contribution in [-0.4, -0.2) is 59.0 Å². The molecule has 1 saturated heterocycles. The van der Waals surface area contributed by atoms with Gasteiger partial charge in [-0.2, -0.15) is 0 Å². The van der Waals surface area contributed by atoms with Crippen LogP contribution < -0.4 is 20.6 Å². The van der Waals surface area contributed by atoms with Crippen molar-refractivity contribution in [2.45, 2.75) is 13.8 Å². The molecular formula is C26H26N6O4. The summed E-state index contributed by atoms with van der Waals surface area (Å²) in [6.45, 7) is 5.86. The van der Waals surface area contributed by atoms with Gasteiger partial charge in [0, 0.05) is 43.8 Å². The molecule has 10 heteroatoms. The van der Waals surface area contributed by atoms with Crippen LogP contribution in [0.15, 0.2) is 57.9 Å². The highest BCUT2D eigenvalue weighted by molar-refractivity contribution is 5.97. The topological polar surface area (TPSA) is 114 Å². The molecule has 4 aromatic rings. The van der Waals surface area contributed by atoms with Crippen molar-refractivity contribution < 1.29 is 13.9 Å². The number of carbonyl (C=O) groups excluding carboxylic acids is 1. The Balaban J connectivity index is 1.30. The van der Waals surface area contributed by atoms with Crippen molar-refractivity contribution >= 4 is 34.3 Å². The second-order valence-electron chi connectivity index (χ2n) is 8.61. The number of para-hydroxylation sites is 1. The monoisotopic (exact) mass is 486 g/mol. The predicted octanol–water partition coefficient (Wildman–Crippen LogP) is 3.31. The summed E-state index contributed by atoms with van der Waals surface area (Å²) in [6.07, 6.45) is 1.75. The maximum absolute atomic E-state index is 13.2. The highest BCUT2D eigenvalue weighted by Gasteiger charge is 2.26. The number of ether oxygens (including phenoxy) is 1. The van der Waals surface area contributed by atoms with Gasteiger partial charge in [0.15, 0.2) is 11.3 Å². The van der Waals surface area contributed by atoms with Crippen LogP contribution in [0.25, 0.3) is 11.0 Å². The van der Waals surface area contributed by atoms with Crippen LogP contribution in [0.4, 0.5) is 17.5 Å². The van der Waals surface area contributed by atoms with Gasteiger partial charge in [0.25, 0.3) is 5.91 Å². The minimum Gasteiger partial charge on any atom is -0.493 e. The summed E-state index contributed by atoms with van der Waals surface area (Å²) in [5.74, 6) is 2.86. The number of carbonyl (C=O) groups is 1. The van der Waals surface area contributed by atoms with Crippen LogP contribution >= 0.6 is 0 Å². The highest BCUT2D eigenvalue weighted by Crippen LogP contribution is 2.25. The van der Waals surface area contributed by atoms with Gasteiger partial charge in [-0.25, -0.2) is 19.7 Å². The molecule has 10 nitrogen and oxygen atoms in total. The number of nitrogens with zero attached hydrogens (tertiary/aromatic N) is 5. The number of aromatic nitrogens is 3. The summed E-state index contributed by atoms with van der Waals surface area (Å²) in [6, 6.07) is 12.6. The van der Waals surface area contributed by atoms with E-state index >= 15 is 0 Å². The van der Waals surface area contributed by atoms with Crippen molar-refractivity contribution in [3.63, 3.8) is 0 Å². The number of piperazine rings is 1. The Morgan fingerprint density at radius 2 is 1.83 bits per heavy atom. The fourth-order valence-electron chi connectivity index (χ4n) is 4.25. The minimum atomic E-state index is -0.675. The normalized spacial score (nSPS) is 13.6. The van der Waals surface area contributed by atoms with Crippen LogP contribution in [0.3, 0.4) is 0 Å². The Labute approximate surface area is 207 Å². The molecule has 0 atom stereocenters. The maximum Gasteiger partial charge on any atom is 0.349 e. The average molecular weight is 487 g/mol. The van der Waals surface area contributed by atoms with Gasteiger partial charge in [0.1, 0.15) is 28.8 Å². The predicted molar refractivity (Wildman–Crippen MR) is 136 cm³/mol. The minimum absolute atomic E-state index is 0.0132. The standard InChI is InChI=1S/C26H26N6O4/c1-16-7-8-27-21(13-16)30-22-15-23(29-17(2)28-22)31-9-11-32(12-10-31)25(33)19-14-18-5-4-6-20(35-3)24(18)36-26(19)34/h4-8,13-15H,9-12H2,1-3H3,(H,27,28,29,30). The number of methoxy groups -OCH3 is 1. The average Bonchev–Trinajstić information content (AvgIpc) is 2.87. The van der Waals surface area contributed by atoms with Crippen LogP contribution in [0.1, 0.15) is 21.7 Å². The number of amides is 1. The van der Waals surface area contributed by atoms with E-state index in [0.29, 0.717) is 60.4 Å². The fraction of sp³-hybridized carbons (Fsp3) is 0.269. The van der Waals surface area contributed by atoms with Crippen molar-refractivity contribution in [3.8, 4) is 5.75 Å². The quantitative estimate of drug-likeness (QED) is 0.424. The largest absolute Gasteiger partial charge is 0.493 e. The van der Waals surface area contributed by atoms with E-state index in [-0.39, 0.29) is 11.5 Å². The van der Waals surface area contributed by atoms with Crippen molar-refractivity contribution in [1.82, 2.24) is 19.9 Å². The van der Waals surface area contributed by atoms with Gasteiger partial charge in [-0.3, -0.25) is 4.79 Å². The second-order valence-corrected chi connectivity index (χ2v) is 8.61. The molecule has 4 heterocycles. The SMILES string of the molecule is COc1cccc2cc(C(=O)N3CCN(c4cc(Nc5cc(C)ccn5)nc(C)n4)CC3)c(=O)oc12. The zero-order chi connectivity index (χ0) is 25.2. The zero-order valence-electron chi connectivity index (χ0n) is 20.3. The van der Waals surface area contributed by atoms with E-state index in [1.807, 2.05) is 32.0 Å². The van der Waals surface area contributed by atoms with Crippen molar-refractivity contribution in [2.75, 3.05) is 43.5 Å². The third-order valence-electron chi connectivity index (χ3n) is 6.06. The molecule has 1 N–H and O–H groups in total. The Morgan fingerprint density at radius 3 is 2.58 bits per heavy atom. The number of pyridine rings is 1. The van der Waals surface area contributed by atoms with E-state index in [2.05, 4.69) is 25.2 Å². The molecule has 0 bridgehead atoms. The van der Waals surface area contributed by atoms with Gasteiger partial charge < -0.3 is 24.3 Å². The number of aryl methyl sites for hydroxylation is 2. The molecule has 0 unspecified atom stereocenters. The van der Waals surface area contributed by atoms with Gasteiger partial charge in [-0.1, -0.05) is 12.1 Å². The van der Waals surface area contributed by atoms with Crippen LogP contribution in [0, 0.1) is 13.8 Å². The summed E-state index contributed by atoms with van der Waals surface area (Å²) in [4.78, 5) is 42.9. The molecule has 0 saturated carbocycles. The summed E-state index contributed by atoms with van der Waals surface area (Å²) in [5.41, 5.74) is 0.764. The molecule has 0 aliphatic carbocycles. The molecule has 1 aliphatic rings. The van der Waals surface area contributed by atoms with E-state index in [1.54, 1.807) is 35.4 Å². The lowest BCUT2D eigenvalue weighted by Gasteiger charge is -2.35.